The summed E-state index contributed by atoms with van der Waals surface area (Å²) in [6.45, 7) is 9.55. The molecule has 0 saturated heterocycles. The Kier molecular flexibility index (Phi) is 5.09. The summed E-state index contributed by atoms with van der Waals surface area (Å²) in [5, 5.41) is 7.50. The topological polar surface area (TPSA) is 0 Å². The normalized spacial score (nSPS) is 14.7. The highest BCUT2D eigenvalue weighted by atomic mass is 32.1. The van der Waals surface area contributed by atoms with Crippen molar-refractivity contribution in [1.29, 1.82) is 0 Å². The van der Waals surface area contributed by atoms with E-state index in [1.807, 2.05) is 11.3 Å². The molecule has 0 unspecified atom stereocenters. The molecule has 192 valence electrons. The molecule has 0 aliphatic carbocycles. The van der Waals surface area contributed by atoms with E-state index < -0.39 is 8.07 Å². The molecule has 1 aromatic heterocycles. The summed E-state index contributed by atoms with van der Waals surface area (Å²) in [5.74, 6) is 0. The van der Waals surface area contributed by atoms with Crippen molar-refractivity contribution in [3.05, 3.63) is 126 Å². The van der Waals surface area contributed by atoms with Crippen molar-refractivity contribution in [3.63, 3.8) is 0 Å². The van der Waals surface area contributed by atoms with E-state index in [1.54, 1.807) is 15.8 Å². The van der Waals surface area contributed by atoms with Crippen LogP contribution in [-0.2, 0) is 5.41 Å². The van der Waals surface area contributed by atoms with E-state index in [0.29, 0.717) is 0 Å². The minimum atomic E-state index is -2.56. The number of hydrogen-bond donors (Lipinski definition) is 0. The standard InChI is InChI=1S/C37H31BSSi/c1-24-21-29-34-33(22-24)40(26-13-7-5-8-14-26,27-15-9-6-10-16-27)32-18-12-11-17-30(32)38(34)35-28-23-25(37(2,3)4)19-20-31(28)39-36(29)35/h5-23H,1-4H3. The Morgan fingerprint density at radius 3 is 1.98 bits per heavy atom. The molecule has 8 rings (SSSR count). The summed E-state index contributed by atoms with van der Waals surface area (Å²) < 4.78 is 1.41. The summed E-state index contributed by atoms with van der Waals surface area (Å²) in [7, 11) is -2.56. The first-order valence-corrected chi connectivity index (χ1v) is 17.1. The molecule has 0 N–H and O–H groups in total. The fraction of sp³-hybridized carbons (Fsp3) is 0.135. The first-order valence-electron chi connectivity index (χ1n) is 14.3. The lowest BCUT2D eigenvalue weighted by atomic mass is 9.38. The average molecular weight is 547 g/mol. The molecule has 2 aliphatic rings. The molecule has 0 atom stereocenters. The van der Waals surface area contributed by atoms with Gasteiger partial charge in [-0.25, -0.2) is 0 Å². The lowest BCUT2D eigenvalue weighted by Gasteiger charge is -2.42. The van der Waals surface area contributed by atoms with Crippen LogP contribution in [0.4, 0.5) is 0 Å². The molecule has 0 amide bonds. The highest BCUT2D eigenvalue weighted by Crippen LogP contribution is 2.38. The SMILES string of the molecule is Cc1cc2c3c(c1)[Si](c1ccccc1)(c1ccccc1)c1ccccc1B3c1c-2sc2ccc(C(C)(C)C)cc12. The van der Waals surface area contributed by atoms with Crippen LogP contribution in [0.2, 0.25) is 0 Å². The van der Waals surface area contributed by atoms with Gasteiger partial charge < -0.3 is 0 Å². The molecule has 40 heavy (non-hydrogen) atoms. The molecule has 0 nitrogen and oxygen atoms in total. The Balaban J connectivity index is 1.55. The van der Waals surface area contributed by atoms with Crippen molar-refractivity contribution < 1.29 is 0 Å². The maximum atomic E-state index is 2.55. The first-order chi connectivity index (χ1) is 19.4. The molecular formula is C37H31BSSi. The van der Waals surface area contributed by atoms with Crippen molar-refractivity contribution in [2.24, 2.45) is 0 Å². The zero-order chi connectivity index (χ0) is 27.2. The number of hydrogen-bond acceptors (Lipinski definition) is 1. The summed E-state index contributed by atoms with van der Waals surface area (Å²) in [6.07, 6.45) is 0. The van der Waals surface area contributed by atoms with Crippen LogP contribution in [0.15, 0.2) is 115 Å². The van der Waals surface area contributed by atoms with Gasteiger partial charge in [0.25, 0.3) is 0 Å². The zero-order valence-electron chi connectivity index (χ0n) is 23.5. The largest absolute Gasteiger partial charge is 0.244 e. The lowest BCUT2D eigenvalue weighted by Crippen LogP contribution is -2.86. The molecule has 0 fully saturated rings. The fourth-order valence-electron chi connectivity index (χ4n) is 7.53. The minimum absolute atomic E-state index is 0.114. The third kappa shape index (κ3) is 3.14. The van der Waals surface area contributed by atoms with Crippen molar-refractivity contribution in [2.75, 3.05) is 0 Å². The van der Waals surface area contributed by atoms with E-state index in [4.69, 9.17) is 0 Å². The quantitative estimate of drug-likeness (QED) is 0.276. The van der Waals surface area contributed by atoms with E-state index in [2.05, 4.69) is 143 Å². The van der Waals surface area contributed by atoms with Crippen LogP contribution >= 0.6 is 11.3 Å². The number of benzene rings is 5. The summed E-state index contributed by atoms with van der Waals surface area (Å²) in [4.78, 5) is 1.48. The molecule has 0 radical (unpaired) electrons. The Labute approximate surface area is 242 Å². The zero-order valence-corrected chi connectivity index (χ0v) is 25.3. The number of fused-ring (bicyclic) bond motifs is 7. The van der Waals surface area contributed by atoms with Gasteiger partial charge in [0, 0.05) is 9.58 Å². The van der Waals surface area contributed by atoms with Gasteiger partial charge in [-0.1, -0.05) is 146 Å². The van der Waals surface area contributed by atoms with Crippen molar-refractivity contribution in [3.8, 4) is 10.4 Å². The van der Waals surface area contributed by atoms with E-state index in [9.17, 15) is 0 Å². The van der Waals surface area contributed by atoms with Crippen LogP contribution in [-0.4, -0.2) is 14.8 Å². The van der Waals surface area contributed by atoms with Crippen LogP contribution in [0.3, 0.4) is 0 Å². The van der Waals surface area contributed by atoms with E-state index in [-0.39, 0.29) is 12.1 Å². The second-order valence-electron chi connectivity index (χ2n) is 12.6. The predicted molar refractivity (Wildman–Crippen MR) is 179 cm³/mol. The van der Waals surface area contributed by atoms with E-state index >= 15 is 0 Å². The molecule has 2 aliphatic heterocycles. The highest BCUT2D eigenvalue weighted by Gasteiger charge is 2.53. The molecular weight excluding hydrogens is 515 g/mol. The van der Waals surface area contributed by atoms with Gasteiger partial charge >= 0.3 is 0 Å². The molecule has 3 heterocycles. The van der Waals surface area contributed by atoms with Crippen LogP contribution in [0.5, 0.6) is 0 Å². The van der Waals surface area contributed by atoms with Gasteiger partial charge in [0.1, 0.15) is 0 Å². The second-order valence-corrected chi connectivity index (χ2v) is 17.4. The molecule has 0 spiro atoms. The Hall–Kier alpha value is -3.66. The Morgan fingerprint density at radius 2 is 1.30 bits per heavy atom. The first kappa shape index (κ1) is 24.2. The van der Waals surface area contributed by atoms with Gasteiger partial charge in [-0.2, -0.15) is 0 Å². The average Bonchev–Trinajstić information content (AvgIpc) is 3.49. The number of aryl methyl sites for hydroxylation is 1. The van der Waals surface area contributed by atoms with Crippen LogP contribution in [0.1, 0.15) is 31.9 Å². The summed E-state index contributed by atoms with van der Waals surface area (Å²) >= 11 is 1.99. The molecule has 6 aromatic rings. The predicted octanol–water partition coefficient (Wildman–Crippen LogP) is 4.69. The summed E-state index contributed by atoms with van der Waals surface area (Å²) in [5.41, 5.74) is 8.94. The maximum Gasteiger partial charge on any atom is 0.244 e. The minimum Gasteiger partial charge on any atom is -0.136 e. The highest BCUT2D eigenvalue weighted by molar-refractivity contribution is 7.31. The van der Waals surface area contributed by atoms with E-state index in [1.165, 1.54) is 53.0 Å². The van der Waals surface area contributed by atoms with Gasteiger partial charge in [-0.05, 0) is 61.1 Å². The van der Waals surface area contributed by atoms with Crippen molar-refractivity contribution in [1.82, 2.24) is 0 Å². The van der Waals surface area contributed by atoms with Crippen LogP contribution < -0.4 is 37.1 Å². The smallest absolute Gasteiger partial charge is 0.136 e. The second kappa shape index (κ2) is 8.42. The Bertz CT molecular complexity index is 1910. The number of rotatable bonds is 2. The lowest BCUT2D eigenvalue weighted by molar-refractivity contribution is 0.591. The van der Waals surface area contributed by atoms with Crippen molar-refractivity contribution in [2.45, 2.75) is 33.1 Å². The van der Waals surface area contributed by atoms with Crippen LogP contribution in [0, 0.1) is 6.92 Å². The van der Waals surface area contributed by atoms with Crippen LogP contribution in [0.25, 0.3) is 20.5 Å². The molecule has 3 heteroatoms. The monoisotopic (exact) mass is 546 g/mol. The van der Waals surface area contributed by atoms with Gasteiger partial charge in [-0.15, -0.1) is 11.3 Å². The third-order valence-electron chi connectivity index (χ3n) is 9.23. The molecule has 0 bridgehead atoms. The fourth-order valence-corrected chi connectivity index (χ4v) is 14.2. The number of thiophene rings is 1. The third-order valence-corrected chi connectivity index (χ3v) is 15.3. The van der Waals surface area contributed by atoms with E-state index in [0.717, 1.165) is 0 Å². The summed E-state index contributed by atoms with van der Waals surface area (Å²) in [6, 6.07) is 44.5. The maximum absolute atomic E-state index is 2.56. The van der Waals surface area contributed by atoms with Gasteiger partial charge in [-0.3, -0.25) is 0 Å². The van der Waals surface area contributed by atoms with Gasteiger partial charge in [0.2, 0.25) is 6.71 Å². The Morgan fingerprint density at radius 1 is 0.650 bits per heavy atom. The molecule has 0 saturated carbocycles. The van der Waals surface area contributed by atoms with Gasteiger partial charge in [0.05, 0.1) is 0 Å². The molecule has 5 aromatic carbocycles. The van der Waals surface area contributed by atoms with Crippen molar-refractivity contribution >= 4 is 73.3 Å². The van der Waals surface area contributed by atoms with Gasteiger partial charge in [0.15, 0.2) is 8.07 Å².